The molecular formula is C19H26N2O4S. The Balaban J connectivity index is 2.35. The Morgan fingerprint density at radius 2 is 1.62 bits per heavy atom. The fraction of sp³-hybridized carbons (Fsp3) is 0.474. The van der Waals surface area contributed by atoms with Crippen molar-refractivity contribution in [2.24, 2.45) is 0 Å². The van der Waals surface area contributed by atoms with E-state index in [-0.39, 0.29) is 5.91 Å². The summed E-state index contributed by atoms with van der Waals surface area (Å²) in [7, 11) is 0. The molecule has 2 rings (SSSR count). The summed E-state index contributed by atoms with van der Waals surface area (Å²) in [5.41, 5.74) is 1.44. The summed E-state index contributed by atoms with van der Waals surface area (Å²) in [6, 6.07) is 3.35. The number of amides is 1. The summed E-state index contributed by atoms with van der Waals surface area (Å²) in [6.45, 7) is 11.1. The van der Waals surface area contributed by atoms with Crippen LogP contribution in [0.5, 0.6) is 17.2 Å². The first-order valence-electron chi connectivity index (χ1n) is 8.87. The molecule has 1 aromatic carbocycles. The van der Waals surface area contributed by atoms with Crippen LogP contribution in [0, 0.1) is 6.92 Å². The van der Waals surface area contributed by atoms with E-state index in [4.69, 9.17) is 14.2 Å². The quantitative estimate of drug-likeness (QED) is 0.697. The molecule has 6 nitrogen and oxygen atoms in total. The van der Waals surface area contributed by atoms with Gasteiger partial charge in [0.2, 0.25) is 5.75 Å². The fourth-order valence-corrected chi connectivity index (χ4v) is 3.40. The predicted molar refractivity (Wildman–Crippen MR) is 104 cm³/mol. The van der Waals surface area contributed by atoms with Gasteiger partial charge in [-0.3, -0.25) is 10.1 Å². The van der Waals surface area contributed by atoms with Gasteiger partial charge in [0, 0.05) is 10.4 Å². The summed E-state index contributed by atoms with van der Waals surface area (Å²) in [4.78, 5) is 18.3. The van der Waals surface area contributed by atoms with Gasteiger partial charge in [0.15, 0.2) is 16.6 Å². The molecule has 1 amide bonds. The first-order valence-corrected chi connectivity index (χ1v) is 9.69. The van der Waals surface area contributed by atoms with Crippen molar-refractivity contribution in [3.8, 4) is 17.2 Å². The minimum Gasteiger partial charge on any atom is -0.490 e. The van der Waals surface area contributed by atoms with Gasteiger partial charge >= 0.3 is 0 Å². The van der Waals surface area contributed by atoms with E-state index in [2.05, 4.69) is 10.3 Å². The standard InChI is InChI=1S/C19H26N2O4S/c1-6-14-12(5)26-19(20-14)21-18(22)13-10-15(23-7-2)17(25-9-4)16(11-13)24-8-3/h10-11H,6-9H2,1-5H3,(H,20,21,22). The normalized spacial score (nSPS) is 10.5. The zero-order chi connectivity index (χ0) is 19.1. The number of carbonyl (C=O) groups excluding carboxylic acids is 1. The van der Waals surface area contributed by atoms with Gasteiger partial charge in [0.1, 0.15) is 0 Å². The third kappa shape index (κ3) is 4.66. The molecule has 0 radical (unpaired) electrons. The van der Waals surface area contributed by atoms with Gasteiger partial charge in [-0.1, -0.05) is 6.92 Å². The molecular weight excluding hydrogens is 352 g/mol. The maximum atomic E-state index is 12.7. The topological polar surface area (TPSA) is 69.7 Å². The van der Waals surface area contributed by atoms with E-state index in [1.54, 1.807) is 12.1 Å². The molecule has 0 spiro atoms. The van der Waals surface area contributed by atoms with E-state index in [9.17, 15) is 4.79 Å². The molecule has 0 saturated carbocycles. The van der Waals surface area contributed by atoms with Crippen LogP contribution in [-0.4, -0.2) is 30.7 Å². The van der Waals surface area contributed by atoms with Crippen molar-refractivity contribution >= 4 is 22.4 Å². The zero-order valence-corrected chi connectivity index (χ0v) is 16.8. The first-order chi connectivity index (χ1) is 12.5. The van der Waals surface area contributed by atoms with Crippen molar-refractivity contribution in [3.05, 3.63) is 28.3 Å². The lowest BCUT2D eigenvalue weighted by atomic mass is 10.1. The van der Waals surface area contributed by atoms with Crippen LogP contribution in [0.1, 0.15) is 48.6 Å². The minimum absolute atomic E-state index is 0.258. The Morgan fingerprint density at radius 3 is 2.08 bits per heavy atom. The second kappa shape index (κ2) is 9.43. The van der Waals surface area contributed by atoms with Crippen molar-refractivity contribution in [1.29, 1.82) is 0 Å². The molecule has 1 heterocycles. The predicted octanol–water partition coefficient (Wildman–Crippen LogP) is 4.46. The molecule has 0 aliphatic carbocycles. The van der Waals surface area contributed by atoms with Crippen LogP contribution in [0.3, 0.4) is 0 Å². The average Bonchev–Trinajstić information content (AvgIpc) is 2.97. The number of carbonyl (C=O) groups is 1. The van der Waals surface area contributed by atoms with E-state index < -0.39 is 0 Å². The molecule has 0 aliphatic rings. The highest BCUT2D eigenvalue weighted by Crippen LogP contribution is 2.39. The number of ether oxygens (including phenoxy) is 3. The second-order valence-electron chi connectivity index (χ2n) is 5.43. The lowest BCUT2D eigenvalue weighted by Gasteiger charge is -2.16. The largest absolute Gasteiger partial charge is 0.490 e. The third-order valence-corrected chi connectivity index (χ3v) is 4.55. The van der Waals surface area contributed by atoms with Crippen LogP contribution in [0.25, 0.3) is 0 Å². The number of anilines is 1. The SMILES string of the molecule is CCOc1cc(C(=O)Nc2nc(CC)c(C)s2)cc(OCC)c1OCC. The number of aryl methyl sites for hydroxylation is 2. The number of hydrogen-bond acceptors (Lipinski definition) is 6. The van der Waals surface area contributed by atoms with Gasteiger partial charge in [-0.15, -0.1) is 11.3 Å². The van der Waals surface area contributed by atoms with Crippen molar-refractivity contribution in [2.45, 2.75) is 41.0 Å². The highest BCUT2D eigenvalue weighted by Gasteiger charge is 2.19. The van der Waals surface area contributed by atoms with Crippen molar-refractivity contribution in [2.75, 3.05) is 25.1 Å². The summed E-state index contributed by atoms with van der Waals surface area (Å²) in [6.07, 6.45) is 0.838. The van der Waals surface area contributed by atoms with Gasteiger partial charge in [0.25, 0.3) is 5.91 Å². The Morgan fingerprint density at radius 1 is 1.04 bits per heavy atom. The van der Waals surface area contributed by atoms with Gasteiger partial charge < -0.3 is 14.2 Å². The molecule has 142 valence electrons. The van der Waals surface area contributed by atoms with E-state index in [1.807, 2.05) is 34.6 Å². The van der Waals surface area contributed by atoms with Gasteiger partial charge in [-0.25, -0.2) is 4.98 Å². The van der Waals surface area contributed by atoms with Crippen molar-refractivity contribution < 1.29 is 19.0 Å². The number of hydrogen-bond donors (Lipinski definition) is 1. The Kier molecular flexibility index (Phi) is 7.26. The minimum atomic E-state index is -0.258. The van der Waals surface area contributed by atoms with Crippen LogP contribution in [-0.2, 0) is 6.42 Å². The van der Waals surface area contributed by atoms with Crippen molar-refractivity contribution in [1.82, 2.24) is 4.98 Å². The number of nitrogens with one attached hydrogen (secondary N) is 1. The van der Waals surface area contributed by atoms with E-state index in [0.29, 0.717) is 47.8 Å². The van der Waals surface area contributed by atoms with Gasteiger partial charge in [-0.05, 0) is 46.2 Å². The number of thiazole rings is 1. The second-order valence-corrected chi connectivity index (χ2v) is 6.63. The number of benzene rings is 1. The Hall–Kier alpha value is -2.28. The van der Waals surface area contributed by atoms with Crippen LogP contribution >= 0.6 is 11.3 Å². The summed E-state index contributed by atoms with van der Waals surface area (Å²) in [5.74, 6) is 1.25. The molecule has 0 fully saturated rings. The molecule has 0 unspecified atom stereocenters. The summed E-state index contributed by atoms with van der Waals surface area (Å²) in [5, 5.41) is 3.45. The molecule has 0 atom stereocenters. The highest BCUT2D eigenvalue weighted by molar-refractivity contribution is 7.15. The summed E-state index contributed by atoms with van der Waals surface area (Å²) >= 11 is 1.47. The number of rotatable bonds is 9. The fourth-order valence-electron chi connectivity index (χ4n) is 2.50. The van der Waals surface area contributed by atoms with Crippen LogP contribution in [0.4, 0.5) is 5.13 Å². The lowest BCUT2D eigenvalue weighted by molar-refractivity contribution is 0.102. The molecule has 1 N–H and O–H groups in total. The Labute approximate surface area is 158 Å². The Bertz CT molecular complexity index is 731. The molecule has 26 heavy (non-hydrogen) atoms. The first kappa shape index (κ1) is 20.0. The number of aromatic nitrogens is 1. The van der Waals surface area contributed by atoms with Gasteiger partial charge in [0.05, 0.1) is 25.5 Å². The van der Waals surface area contributed by atoms with E-state index >= 15 is 0 Å². The average molecular weight is 378 g/mol. The van der Waals surface area contributed by atoms with E-state index in [1.165, 1.54) is 11.3 Å². The molecule has 0 bridgehead atoms. The monoisotopic (exact) mass is 378 g/mol. The lowest BCUT2D eigenvalue weighted by Crippen LogP contribution is -2.13. The van der Waals surface area contributed by atoms with Crippen LogP contribution in [0.15, 0.2) is 12.1 Å². The molecule has 2 aromatic rings. The molecule has 0 aliphatic heterocycles. The number of nitrogens with zero attached hydrogens (tertiary/aromatic N) is 1. The van der Waals surface area contributed by atoms with Crippen LogP contribution in [0.2, 0.25) is 0 Å². The maximum absolute atomic E-state index is 12.7. The smallest absolute Gasteiger partial charge is 0.257 e. The van der Waals surface area contributed by atoms with Crippen LogP contribution < -0.4 is 19.5 Å². The molecule has 1 aromatic heterocycles. The zero-order valence-electron chi connectivity index (χ0n) is 16.0. The van der Waals surface area contributed by atoms with Gasteiger partial charge in [-0.2, -0.15) is 0 Å². The third-order valence-electron chi connectivity index (χ3n) is 3.62. The summed E-state index contributed by atoms with van der Waals surface area (Å²) < 4.78 is 17.0. The maximum Gasteiger partial charge on any atom is 0.257 e. The van der Waals surface area contributed by atoms with E-state index in [0.717, 1.165) is 17.0 Å². The van der Waals surface area contributed by atoms with Crippen molar-refractivity contribution in [3.63, 3.8) is 0 Å². The highest BCUT2D eigenvalue weighted by atomic mass is 32.1. The molecule has 7 heteroatoms. The molecule has 0 saturated heterocycles.